The number of carbonyl (C=O) groups is 4. The topological polar surface area (TPSA) is 125 Å². The zero-order chi connectivity index (χ0) is 22.0. The van der Waals surface area contributed by atoms with Gasteiger partial charge in [-0.1, -0.05) is 44.2 Å². The second-order valence-corrected chi connectivity index (χ2v) is 7.12. The molecule has 1 aromatic carbocycles. The minimum absolute atomic E-state index is 0.0923. The van der Waals surface area contributed by atoms with Gasteiger partial charge in [0.1, 0.15) is 6.04 Å². The normalized spacial score (nSPS) is 13.5. The van der Waals surface area contributed by atoms with Crippen LogP contribution in [0.5, 0.6) is 0 Å². The highest BCUT2D eigenvalue weighted by atomic mass is 16.5. The SMILES string of the molecule is COC(=O)C(C#N)C(=O)[C@H](Cc1ccccc1)NC(=O)C(CC(C)C)NC(C)=O. The molecule has 0 aliphatic carbocycles. The van der Waals surface area contributed by atoms with Crippen LogP contribution in [0.25, 0.3) is 0 Å². The molecular weight excluding hydrogens is 374 g/mol. The second-order valence-electron chi connectivity index (χ2n) is 7.12. The Kier molecular flexibility index (Phi) is 9.52. The molecule has 1 rings (SSSR count). The summed E-state index contributed by atoms with van der Waals surface area (Å²) in [6.45, 7) is 5.10. The quantitative estimate of drug-likeness (QED) is 0.447. The van der Waals surface area contributed by atoms with E-state index in [2.05, 4.69) is 15.4 Å². The van der Waals surface area contributed by atoms with Crippen molar-refractivity contribution in [3.63, 3.8) is 0 Å². The Morgan fingerprint density at radius 2 is 1.69 bits per heavy atom. The Hall–Kier alpha value is -3.21. The number of ketones is 1. The molecule has 2 N–H and O–H groups in total. The summed E-state index contributed by atoms with van der Waals surface area (Å²) in [6, 6.07) is 8.58. The van der Waals surface area contributed by atoms with Crippen molar-refractivity contribution in [3.8, 4) is 6.07 Å². The number of Topliss-reactive ketones (excluding diaryl/α,β-unsaturated/α-hetero) is 1. The standard InChI is InChI=1S/C21H27N3O5/c1-13(2)10-18(23-14(3)25)20(27)24-17(11-15-8-6-5-7-9-15)19(26)16(12-22)21(28)29-4/h5-9,13,16-18H,10-11H2,1-4H3,(H,23,25)(H,24,27)/t16?,17-,18?/m0/s1. The zero-order valence-electron chi connectivity index (χ0n) is 17.1. The number of rotatable bonds is 10. The lowest BCUT2D eigenvalue weighted by molar-refractivity contribution is -0.148. The number of ether oxygens (including phenoxy) is 1. The number of hydrogen-bond donors (Lipinski definition) is 2. The Morgan fingerprint density at radius 3 is 2.17 bits per heavy atom. The molecule has 0 aliphatic heterocycles. The van der Waals surface area contributed by atoms with Gasteiger partial charge in [-0.05, 0) is 24.3 Å². The van der Waals surface area contributed by atoms with Crippen molar-refractivity contribution in [1.82, 2.24) is 10.6 Å². The van der Waals surface area contributed by atoms with Crippen LogP contribution in [-0.2, 0) is 30.3 Å². The molecule has 0 bridgehead atoms. The third-order valence-electron chi connectivity index (χ3n) is 4.19. The molecule has 156 valence electrons. The van der Waals surface area contributed by atoms with Gasteiger partial charge < -0.3 is 15.4 Å². The summed E-state index contributed by atoms with van der Waals surface area (Å²) >= 11 is 0. The lowest BCUT2D eigenvalue weighted by atomic mass is 9.93. The summed E-state index contributed by atoms with van der Waals surface area (Å²) in [7, 11) is 1.08. The molecule has 0 heterocycles. The summed E-state index contributed by atoms with van der Waals surface area (Å²) < 4.78 is 4.53. The fourth-order valence-electron chi connectivity index (χ4n) is 2.84. The van der Waals surface area contributed by atoms with Crippen LogP contribution in [0, 0.1) is 23.2 Å². The number of hydrogen-bond acceptors (Lipinski definition) is 6. The van der Waals surface area contributed by atoms with Crippen molar-refractivity contribution < 1.29 is 23.9 Å². The highest BCUT2D eigenvalue weighted by molar-refractivity contribution is 6.05. The lowest BCUT2D eigenvalue weighted by Gasteiger charge is -2.24. The molecule has 2 amide bonds. The predicted octanol–water partition coefficient (Wildman–Crippen LogP) is 1.15. The first-order valence-electron chi connectivity index (χ1n) is 9.32. The molecule has 0 radical (unpaired) electrons. The summed E-state index contributed by atoms with van der Waals surface area (Å²) in [6.07, 6.45) is 0.464. The maximum absolute atomic E-state index is 12.9. The molecule has 0 fully saturated rings. The number of nitrogens with one attached hydrogen (secondary N) is 2. The smallest absolute Gasteiger partial charge is 0.330 e. The predicted molar refractivity (Wildman–Crippen MR) is 105 cm³/mol. The van der Waals surface area contributed by atoms with Gasteiger partial charge in [-0.25, -0.2) is 0 Å². The fourth-order valence-corrected chi connectivity index (χ4v) is 2.84. The van der Waals surface area contributed by atoms with E-state index in [4.69, 9.17) is 0 Å². The van der Waals surface area contributed by atoms with Crippen LogP contribution in [0.2, 0.25) is 0 Å². The van der Waals surface area contributed by atoms with Gasteiger partial charge in [-0.3, -0.25) is 19.2 Å². The summed E-state index contributed by atoms with van der Waals surface area (Å²) in [5, 5.41) is 14.4. The number of carbonyl (C=O) groups excluding carboxylic acids is 4. The molecule has 1 aromatic rings. The van der Waals surface area contributed by atoms with Crippen molar-refractivity contribution in [3.05, 3.63) is 35.9 Å². The van der Waals surface area contributed by atoms with Crippen LogP contribution in [0.4, 0.5) is 0 Å². The average Bonchev–Trinajstić information content (AvgIpc) is 2.67. The molecule has 0 aliphatic rings. The van der Waals surface area contributed by atoms with E-state index in [-0.39, 0.29) is 18.2 Å². The minimum Gasteiger partial charge on any atom is -0.468 e. The maximum Gasteiger partial charge on any atom is 0.330 e. The van der Waals surface area contributed by atoms with E-state index in [9.17, 15) is 24.4 Å². The van der Waals surface area contributed by atoms with Crippen molar-refractivity contribution >= 4 is 23.6 Å². The molecular formula is C21H27N3O5. The van der Waals surface area contributed by atoms with Crippen molar-refractivity contribution in [1.29, 1.82) is 5.26 Å². The molecule has 3 atom stereocenters. The number of esters is 1. The third kappa shape index (κ3) is 7.74. The van der Waals surface area contributed by atoms with Gasteiger partial charge in [0.2, 0.25) is 17.7 Å². The van der Waals surface area contributed by atoms with Gasteiger partial charge in [0.05, 0.1) is 19.2 Å². The van der Waals surface area contributed by atoms with Crippen LogP contribution in [0.15, 0.2) is 30.3 Å². The molecule has 0 aromatic heterocycles. The van der Waals surface area contributed by atoms with Crippen molar-refractivity contribution in [2.75, 3.05) is 7.11 Å². The fraction of sp³-hybridized carbons (Fsp3) is 0.476. The number of nitrogens with zero attached hydrogens (tertiary/aromatic N) is 1. The monoisotopic (exact) mass is 401 g/mol. The van der Waals surface area contributed by atoms with E-state index >= 15 is 0 Å². The van der Waals surface area contributed by atoms with Crippen LogP contribution in [0.3, 0.4) is 0 Å². The molecule has 0 saturated carbocycles. The van der Waals surface area contributed by atoms with E-state index in [1.807, 2.05) is 13.8 Å². The summed E-state index contributed by atoms with van der Waals surface area (Å²) in [5.74, 6) is -4.21. The minimum atomic E-state index is -1.65. The van der Waals surface area contributed by atoms with E-state index in [1.54, 1.807) is 36.4 Å². The van der Waals surface area contributed by atoms with Crippen molar-refractivity contribution in [2.45, 2.75) is 45.7 Å². The number of nitriles is 1. The van der Waals surface area contributed by atoms with Crippen LogP contribution < -0.4 is 10.6 Å². The zero-order valence-corrected chi connectivity index (χ0v) is 17.1. The van der Waals surface area contributed by atoms with E-state index in [1.165, 1.54) is 6.92 Å². The number of amides is 2. The molecule has 8 heteroatoms. The Balaban J connectivity index is 3.13. The van der Waals surface area contributed by atoms with E-state index < -0.39 is 35.7 Å². The molecule has 0 saturated heterocycles. The van der Waals surface area contributed by atoms with Gasteiger partial charge in [0, 0.05) is 6.92 Å². The molecule has 8 nitrogen and oxygen atoms in total. The first-order valence-corrected chi connectivity index (χ1v) is 9.32. The van der Waals surface area contributed by atoms with E-state index in [0.29, 0.717) is 6.42 Å². The van der Waals surface area contributed by atoms with E-state index in [0.717, 1.165) is 12.7 Å². The largest absolute Gasteiger partial charge is 0.468 e. The van der Waals surface area contributed by atoms with Gasteiger partial charge >= 0.3 is 5.97 Å². The van der Waals surface area contributed by atoms with Crippen LogP contribution in [-0.4, -0.2) is 42.8 Å². The second kappa shape index (κ2) is 11.6. The third-order valence-corrected chi connectivity index (χ3v) is 4.19. The number of methoxy groups -OCH3 is 1. The summed E-state index contributed by atoms with van der Waals surface area (Å²) in [4.78, 5) is 48.9. The highest BCUT2D eigenvalue weighted by Crippen LogP contribution is 2.12. The van der Waals surface area contributed by atoms with Crippen LogP contribution in [0.1, 0.15) is 32.8 Å². The van der Waals surface area contributed by atoms with Crippen LogP contribution >= 0.6 is 0 Å². The molecule has 29 heavy (non-hydrogen) atoms. The Morgan fingerprint density at radius 1 is 1.07 bits per heavy atom. The van der Waals surface area contributed by atoms with Gasteiger partial charge in [-0.2, -0.15) is 5.26 Å². The average molecular weight is 401 g/mol. The number of benzene rings is 1. The van der Waals surface area contributed by atoms with Gasteiger partial charge in [0.15, 0.2) is 5.78 Å². The first-order chi connectivity index (χ1) is 13.7. The van der Waals surface area contributed by atoms with Gasteiger partial charge in [0.25, 0.3) is 0 Å². The molecule has 2 unspecified atom stereocenters. The maximum atomic E-state index is 12.9. The summed E-state index contributed by atoms with van der Waals surface area (Å²) in [5.41, 5.74) is 0.743. The molecule has 0 spiro atoms. The Labute approximate surface area is 170 Å². The van der Waals surface area contributed by atoms with Crippen molar-refractivity contribution in [2.24, 2.45) is 11.8 Å². The lowest BCUT2D eigenvalue weighted by Crippen LogP contribution is -2.53. The highest BCUT2D eigenvalue weighted by Gasteiger charge is 2.35. The van der Waals surface area contributed by atoms with Gasteiger partial charge in [-0.15, -0.1) is 0 Å². The Bertz CT molecular complexity index is 770. The first kappa shape index (κ1) is 23.8.